The third-order valence-electron chi connectivity index (χ3n) is 3.53. The van der Waals surface area contributed by atoms with Crippen molar-refractivity contribution in [3.8, 4) is 0 Å². The molecule has 0 aliphatic carbocycles. The average molecular weight is 277 g/mol. The van der Waals surface area contributed by atoms with Crippen molar-refractivity contribution in [3.05, 3.63) is 35.0 Å². The van der Waals surface area contributed by atoms with Gasteiger partial charge in [0.2, 0.25) is 0 Å². The van der Waals surface area contributed by atoms with Gasteiger partial charge >= 0.3 is 0 Å². The summed E-state index contributed by atoms with van der Waals surface area (Å²) >= 11 is 6.37. The van der Waals surface area contributed by atoms with Crippen LogP contribution in [0, 0.1) is 0 Å². The number of rotatable bonds is 2. The number of benzene rings is 1. The van der Waals surface area contributed by atoms with Crippen LogP contribution in [0.3, 0.4) is 0 Å². The molecule has 0 spiro atoms. The van der Waals surface area contributed by atoms with E-state index in [1.54, 1.807) is 0 Å². The highest BCUT2D eigenvalue weighted by Gasteiger charge is 2.12. The Kier molecular flexibility index (Phi) is 3.58. The summed E-state index contributed by atoms with van der Waals surface area (Å²) < 4.78 is 5.38. The van der Waals surface area contributed by atoms with Gasteiger partial charge in [0.05, 0.1) is 23.8 Å². The molecule has 1 aliphatic heterocycles. The second kappa shape index (κ2) is 5.35. The van der Waals surface area contributed by atoms with Crippen LogP contribution in [-0.2, 0) is 11.2 Å². The molecule has 1 fully saturated rings. The SMILES string of the molecule is CCc1cc(Cl)c2cc(N3CCOCC3)ccc2n1. The number of aryl methyl sites for hydroxylation is 1. The Morgan fingerprint density at radius 2 is 2.05 bits per heavy atom. The number of morpholine rings is 1. The summed E-state index contributed by atoms with van der Waals surface area (Å²) in [6.07, 6.45) is 0.904. The number of aromatic nitrogens is 1. The molecular weight excluding hydrogens is 260 g/mol. The van der Waals surface area contributed by atoms with Gasteiger partial charge in [-0.2, -0.15) is 0 Å². The van der Waals surface area contributed by atoms with E-state index >= 15 is 0 Å². The highest BCUT2D eigenvalue weighted by atomic mass is 35.5. The molecule has 0 atom stereocenters. The van der Waals surface area contributed by atoms with Crippen molar-refractivity contribution in [1.29, 1.82) is 0 Å². The number of halogens is 1. The molecule has 100 valence electrons. The standard InChI is InChI=1S/C15H17ClN2O/c1-2-11-9-14(16)13-10-12(3-4-15(13)17-11)18-5-7-19-8-6-18/h3-4,9-10H,2,5-8H2,1H3. The lowest BCUT2D eigenvalue weighted by atomic mass is 10.1. The van der Waals surface area contributed by atoms with Crippen LogP contribution in [-0.4, -0.2) is 31.3 Å². The van der Waals surface area contributed by atoms with Crippen LogP contribution in [0.2, 0.25) is 5.02 Å². The first kappa shape index (κ1) is 12.7. The lowest BCUT2D eigenvalue weighted by molar-refractivity contribution is 0.122. The fourth-order valence-corrected chi connectivity index (χ4v) is 2.70. The maximum Gasteiger partial charge on any atom is 0.0721 e. The van der Waals surface area contributed by atoms with Gasteiger partial charge < -0.3 is 9.64 Å². The van der Waals surface area contributed by atoms with Crippen molar-refractivity contribution in [1.82, 2.24) is 4.98 Å². The lowest BCUT2D eigenvalue weighted by Crippen LogP contribution is -2.36. The molecule has 0 amide bonds. The fourth-order valence-electron chi connectivity index (χ4n) is 2.42. The highest BCUT2D eigenvalue weighted by Crippen LogP contribution is 2.28. The van der Waals surface area contributed by atoms with Crippen molar-refractivity contribution < 1.29 is 4.74 Å². The molecular formula is C15H17ClN2O. The number of hydrogen-bond donors (Lipinski definition) is 0. The first-order valence-electron chi connectivity index (χ1n) is 6.70. The van der Waals surface area contributed by atoms with Gasteiger partial charge in [0, 0.05) is 29.9 Å². The van der Waals surface area contributed by atoms with Crippen molar-refractivity contribution in [3.63, 3.8) is 0 Å². The summed E-state index contributed by atoms with van der Waals surface area (Å²) in [5, 5.41) is 1.82. The monoisotopic (exact) mass is 276 g/mol. The summed E-state index contributed by atoms with van der Waals surface area (Å²) in [7, 11) is 0. The van der Waals surface area contributed by atoms with Crippen molar-refractivity contribution in [2.45, 2.75) is 13.3 Å². The predicted octanol–water partition coefficient (Wildman–Crippen LogP) is 3.29. The molecule has 19 heavy (non-hydrogen) atoms. The van der Waals surface area contributed by atoms with E-state index in [1.807, 2.05) is 6.07 Å². The molecule has 0 bridgehead atoms. The van der Waals surface area contributed by atoms with E-state index in [0.29, 0.717) is 0 Å². The summed E-state index contributed by atoms with van der Waals surface area (Å²) in [4.78, 5) is 6.94. The van der Waals surface area contributed by atoms with Crippen molar-refractivity contribution in [2.75, 3.05) is 31.2 Å². The number of ether oxygens (including phenoxy) is 1. The zero-order chi connectivity index (χ0) is 13.2. The maximum absolute atomic E-state index is 6.37. The van der Waals surface area contributed by atoms with Crippen LogP contribution in [0.5, 0.6) is 0 Å². The molecule has 3 nitrogen and oxygen atoms in total. The highest BCUT2D eigenvalue weighted by molar-refractivity contribution is 6.35. The van der Waals surface area contributed by atoms with E-state index in [0.717, 1.165) is 54.3 Å². The smallest absolute Gasteiger partial charge is 0.0721 e. The minimum absolute atomic E-state index is 0.789. The zero-order valence-corrected chi connectivity index (χ0v) is 11.8. The number of anilines is 1. The summed E-state index contributed by atoms with van der Waals surface area (Å²) in [6, 6.07) is 8.28. The van der Waals surface area contributed by atoms with Gasteiger partial charge in [0.15, 0.2) is 0 Å². The van der Waals surface area contributed by atoms with Gasteiger partial charge in [0.25, 0.3) is 0 Å². The van der Waals surface area contributed by atoms with E-state index < -0.39 is 0 Å². The molecule has 0 saturated carbocycles. The van der Waals surface area contributed by atoms with Crippen LogP contribution in [0.1, 0.15) is 12.6 Å². The summed E-state index contributed by atoms with van der Waals surface area (Å²) in [5.41, 5.74) is 3.21. The molecule has 0 N–H and O–H groups in total. The summed E-state index contributed by atoms with van der Waals surface area (Å²) in [5.74, 6) is 0. The van der Waals surface area contributed by atoms with Gasteiger partial charge in [-0.25, -0.2) is 0 Å². The third-order valence-corrected chi connectivity index (χ3v) is 3.85. The quantitative estimate of drug-likeness (QED) is 0.842. The number of nitrogens with zero attached hydrogens (tertiary/aromatic N) is 2. The first-order valence-corrected chi connectivity index (χ1v) is 7.07. The third kappa shape index (κ3) is 2.53. The molecule has 4 heteroatoms. The molecule has 1 saturated heterocycles. The Hall–Kier alpha value is -1.32. The molecule has 3 rings (SSSR count). The average Bonchev–Trinajstić information content (AvgIpc) is 2.47. The van der Waals surface area contributed by atoms with E-state index in [9.17, 15) is 0 Å². The normalized spacial score (nSPS) is 16.0. The van der Waals surface area contributed by atoms with Crippen LogP contribution in [0.15, 0.2) is 24.3 Å². The molecule has 0 unspecified atom stereocenters. The minimum atomic E-state index is 0.789. The van der Waals surface area contributed by atoms with Crippen LogP contribution in [0.25, 0.3) is 10.9 Å². The molecule has 2 heterocycles. The van der Waals surface area contributed by atoms with Gasteiger partial charge in [-0.15, -0.1) is 0 Å². The second-order valence-electron chi connectivity index (χ2n) is 4.75. The van der Waals surface area contributed by atoms with Crippen LogP contribution >= 0.6 is 11.6 Å². The Labute approximate surface area is 118 Å². The number of hydrogen-bond acceptors (Lipinski definition) is 3. The van der Waals surface area contributed by atoms with E-state index in [2.05, 4.69) is 35.0 Å². The Balaban J connectivity index is 2.02. The molecule has 1 aliphatic rings. The maximum atomic E-state index is 6.37. The van der Waals surface area contributed by atoms with Gasteiger partial charge in [0.1, 0.15) is 0 Å². The minimum Gasteiger partial charge on any atom is -0.378 e. The molecule has 2 aromatic rings. The Morgan fingerprint density at radius 1 is 1.26 bits per heavy atom. The van der Waals surface area contributed by atoms with Gasteiger partial charge in [-0.05, 0) is 30.7 Å². The fraction of sp³-hybridized carbons (Fsp3) is 0.400. The van der Waals surface area contributed by atoms with Crippen LogP contribution in [0.4, 0.5) is 5.69 Å². The predicted molar refractivity (Wildman–Crippen MR) is 79.2 cm³/mol. The van der Waals surface area contributed by atoms with Gasteiger partial charge in [-0.3, -0.25) is 4.98 Å². The molecule has 1 aromatic carbocycles. The summed E-state index contributed by atoms with van der Waals surface area (Å²) in [6.45, 7) is 5.54. The topological polar surface area (TPSA) is 25.4 Å². The number of pyridine rings is 1. The van der Waals surface area contributed by atoms with E-state index in [1.165, 1.54) is 5.69 Å². The largest absolute Gasteiger partial charge is 0.378 e. The van der Waals surface area contributed by atoms with Crippen LogP contribution < -0.4 is 4.90 Å². The van der Waals surface area contributed by atoms with E-state index in [4.69, 9.17) is 16.3 Å². The first-order chi connectivity index (χ1) is 9.28. The van der Waals surface area contributed by atoms with E-state index in [-0.39, 0.29) is 0 Å². The van der Waals surface area contributed by atoms with Crippen molar-refractivity contribution in [2.24, 2.45) is 0 Å². The zero-order valence-electron chi connectivity index (χ0n) is 11.0. The van der Waals surface area contributed by atoms with Gasteiger partial charge in [-0.1, -0.05) is 18.5 Å². The second-order valence-corrected chi connectivity index (χ2v) is 5.16. The number of fused-ring (bicyclic) bond motifs is 1. The Morgan fingerprint density at radius 3 is 2.79 bits per heavy atom. The molecule has 0 radical (unpaired) electrons. The molecule has 1 aromatic heterocycles. The van der Waals surface area contributed by atoms with Crippen molar-refractivity contribution >= 4 is 28.2 Å². The Bertz CT molecular complexity index is 594. The lowest BCUT2D eigenvalue weighted by Gasteiger charge is -2.29.